The summed E-state index contributed by atoms with van der Waals surface area (Å²) in [6.07, 6.45) is 0.0708. The molecule has 152 valence electrons. The standard InChI is InChI=1S/C18H19F2NO6S/c1-11(8-9-22)17-14(19)4-3-5-15(17)21(20)28(25,26)16-10-12(27-2)6-7-13(16)18(23)24/h3-7,10-11,22H,8-9H2,1-2H3,(H,23,24). The Morgan fingerprint density at radius 1 is 1.29 bits per heavy atom. The molecule has 0 aliphatic heterocycles. The Morgan fingerprint density at radius 3 is 2.54 bits per heavy atom. The largest absolute Gasteiger partial charge is 0.497 e. The highest BCUT2D eigenvalue weighted by molar-refractivity contribution is 7.92. The summed E-state index contributed by atoms with van der Waals surface area (Å²) >= 11 is 0. The summed E-state index contributed by atoms with van der Waals surface area (Å²) in [5.74, 6) is -3.12. The van der Waals surface area contributed by atoms with Crippen LogP contribution in [0.3, 0.4) is 0 Å². The molecule has 0 aromatic heterocycles. The highest BCUT2D eigenvalue weighted by Gasteiger charge is 2.33. The van der Waals surface area contributed by atoms with Gasteiger partial charge in [-0.2, -0.15) is 8.42 Å². The molecule has 2 aromatic rings. The Morgan fingerprint density at radius 2 is 1.96 bits per heavy atom. The van der Waals surface area contributed by atoms with Gasteiger partial charge in [0.15, 0.2) is 0 Å². The van der Waals surface area contributed by atoms with Gasteiger partial charge in [0.25, 0.3) is 10.0 Å². The lowest BCUT2D eigenvalue weighted by Crippen LogP contribution is -2.26. The van der Waals surface area contributed by atoms with Crippen LogP contribution in [0.25, 0.3) is 0 Å². The number of nitrogens with zero attached hydrogens (tertiary/aromatic N) is 1. The Bertz CT molecular complexity index is 980. The molecule has 1 unspecified atom stereocenters. The molecular weight excluding hydrogens is 396 g/mol. The van der Waals surface area contributed by atoms with E-state index in [4.69, 9.17) is 9.84 Å². The maximum atomic E-state index is 15.1. The van der Waals surface area contributed by atoms with Crippen LogP contribution in [0, 0.1) is 5.82 Å². The SMILES string of the molecule is COc1ccc(C(=O)O)c(S(=O)(=O)N(F)c2cccc(F)c2C(C)CCO)c1. The molecule has 0 saturated carbocycles. The lowest BCUT2D eigenvalue weighted by molar-refractivity contribution is 0.0692. The molecule has 0 fully saturated rings. The van der Waals surface area contributed by atoms with Crippen molar-refractivity contribution in [2.75, 3.05) is 18.2 Å². The van der Waals surface area contributed by atoms with Gasteiger partial charge in [-0.15, -0.1) is 0 Å². The molecule has 0 aliphatic carbocycles. The first-order valence-corrected chi connectivity index (χ1v) is 9.60. The summed E-state index contributed by atoms with van der Waals surface area (Å²) in [5.41, 5.74) is -1.51. The van der Waals surface area contributed by atoms with Crippen LogP contribution < -0.4 is 9.26 Å². The van der Waals surface area contributed by atoms with Crippen molar-refractivity contribution in [3.8, 4) is 5.75 Å². The normalized spacial score (nSPS) is 12.5. The molecule has 0 amide bonds. The minimum absolute atomic E-state index is 0.00471. The number of methoxy groups -OCH3 is 1. The summed E-state index contributed by atoms with van der Waals surface area (Å²) < 4.78 is 59.3. The van der Waals surface area contributed by atoms with Crippen molar-refractivity contribution in [2.45, 2.75) is 24.2 Å². The van der Waals surface area contributed by atoms with E-state index in [2.05, 4.69) is 0 Å². The van der Waals surface area contributed by atoms with Gasteiger partial charge in [-0.25, -0.2) is 9.18 Å². The number of aliphatic hydroxyl groups is 1. The van der Waals surface area contributed by atoms with Gasteiger partial charge in [-0.05, 0) is 36.6 Å². The van der Waals surface area contributed by atoms with Crippen molar-refractivity contribution in [2.24, 2.45) is 0 Å². The van der Waals surface area contributed by atoms with Crippen LogP contribution in [0.2, 0.25) is 0 Å². The Hall–Kier alpha value is -2.72. The summed E-state index contributed by atoms with van der Waals surface area (Å²) in [6.45, 7) is 1.19. The average molecular weight is 415 g/mol. The number of carboxylic acids is 1. The number of ether oxygens (including phenoxy) is 1. The van der Waals surface area contributed by atoms with E-state index in [1.807, 2.05) is 0 Å². The van der Waals surface area contributed by atoms with E-state index in [0.717, 1.165) is 30.3 Å². The van der Waals surface area contributed by atoms with Crippen LogP contribution in [-0.4, -0.2) is 38.3 Å². The van der Waals surface area contributed by atoms with Crippen molar-refractivity contribution in [1.29, 1.82) is 0 Å². The third kappa shape index (κ3) is 4.07. The van der Waals surface area contributed by atoms with E-state index in [1.165, 1.54) is 20.1 Å². The number of sulfonamides is 1. The third-order valence-electron chi connectivity index (χ3n) is 4.18. The minimum atomic E-state index is -5.01. The van der Waals surface area contributed by atoms with Gasteiger partial charge < -0.3 is 14.9 Å². The molecule has 0 bridgehead atoms. The molecular formula is C18H19F2NO6S. The molecule has 0 saturated heterocycles. The van der Waals surface area contributed by atoms with E-state index >= 15 is 4.48 Å². The number of hydrogen-bond donors (Lipinski definition) is 2. The average Bonchev–Trinajstić information content (AvgIpc) is 2.66. The van der Waals surface area contributed by atoms with Crippen molar-refractivity contribution >= 4 is 21.7 Å². The fourth-order valence-electron chi connectivity index (χ4n) is 2.74. The molecule has 1 atom stereocenters. The first-order chi connectivity index (χ1) is 13.1. The van der Waals surface area contributed by atoms with Crippen molar-refractivity contribution in [3.05, 3.63) is 53.3 Å². The molecule has 0 heterocycles. The summed E-state index contributed by atoms with van der Waals surface area (Å²) in [6, 6.07) is 6.31. The Labute approximate surface area is 160 Å². The number of benzene rings is 2. The van der Waals surface area contributed by atoms with Gasteiger partial charge in [-0.3, -0.25) is 0 Å². The quantitative estimate of drug-likeness (QED) is 0.642. The molecule has 7 nitrogen and oxygen atoms in total. The number of halogens is 2. The summed E-state index contributed by atoms with van der Waals surface area (Å²) in [4.78, 5) is 10.6. The van der Waals surface area contributed by atoms with Crippen molar-refractivity contribution in [1.82, 2.24) is 0 Å². The minimum Gasteiger partial charge on any atom is -0.497 e. The molecule has 10 heteroatoms. The van der Waals surface area contributed by atoms with Crippen LogP contribution in [0.5, 0.6) is 5.75 Å². The number of carbonyl (C=O) groups is 1. The number of aromatic carboxylic acids is 1. The van der Waals surface area contributed by atoms with E-state index in [0.29, 0.717) is 0 Å². The third-order valence-corrected chi connectivity index (χ3v) is 5.69. The summed E-state index contributed by atoms with van der Waals surface area (Å²) in [7, 11) is -3.77. The molecule has 2 aromatic carbocycles. The van der Waals surface area contributed by atoms with E-state index in [1.54, 1.807) is 0 Å². The van der Waals surface area contributed by atoms with Crippen LogP contribution in [0.4, 0.5) is 14.6 Å². The van der Waals surface area contributed by atoms with Gasteiger partial charge in [0.05, 0.1) is 18.4 Å². The maximum absolute atomic E-state index is 15.1. The van der Waals surface area contributed by atoms with Gasteiger partial charge >= 0.3 is 5.97 Å². The first-order valence-electron chi connectivity index (χ1n) is 8.16. The molecule has 2 rings (SSSR count). The molecule has 0 spiro atoms. The number of rotatable bonds is 8. The fraction of sp³-hybridized carbons (Fsp3) is 0.278. The zero-order valence-corrected chi connectivity index (χ0v) is 15.9. The van der Waals surface area contributed by atoms with Crippen LogP contribution in [0.15, 0.2) is 41.3 Å². The number of anilines is 1. The highest BCUT2D eigenvalue weighted by Crippen LogP contribution is 2.36. The highest BCUT2D eigenvalue weighted by atomic mass is 32.2. The van der Waals surface area contributed by atoms with Gasteiger partial charge in [0.2, 0.25) is 0 Å². The maximum Gasteiger partial charge on any atom is 0.337 e. The predicted molar refractivity (Wildman–Crippen MR) is 97.2 cm³/mol. The smallest absolute Gasteiger partial charge is 0.337 e. The Balaban J connectivity index is 2.66. The van der Waals surface area contributed by atoms with Gasteiger partial charge in [0, 0.05) is 18.2 Å². The second-order valence-corrected chi connectivity index (χ2v) is 7.68. The van der Waals surface area contributed by atoms with Crippen LogP contribution >= 0.6 is 0 Å². The Kier molecular flexibility index (Phi) is 6.57. The zero-order chi connectivity index (χ0) is 21.1. The molecule has 2 N–H and O–H groups in total. The topological polar surface area (TPSA) is 104 Å². The lowest BCUT2D eigenvalue weighted by Gasteiger charge is -2.22. The van der Waals surface area contributed by atoms with E-state index in [9.17, 15) is 22.7 Å². The van der Waals surface area contributed by atoms with E-state index < -0.39 is 48.4 Å². The molecule has 0 radical (unpaired) electrons. The second-order valence-electron chi connectivity index (χ2n) is 5.97. The van der Waals surface area contributed by atoms with Crippen molar-refractivity contribution < 1.29 is 37.0 Å². The molecule has 28 heavy (non-hydrogen) atoms. The zero-order valence-electron chi connectivity index (χ0n) is 15.1. The first kappa shape index (κ1) is 21.6. The summed E-state index contributed by atoms with van der Waals surface area (Å²) in [5, 5.41) is 18.4. The fourth-order valence-corrected chi connectivity index (χ4v) is 4.03. The molecule has 0 aliphatic rings. The lowest BCUT2D eigenvalue weighted by atomic mass is 9.96. The monoisotopic (exact) mass is 415 g/mol. The van der Waals surface area contributed by atoms with Gasteiger partial charge in [-0.1, -0.05) is 22.0 Å². The van der Waals surface area contributed by atoms with E-state index in [-0.39, 0.29) is 24.3 Å². The van der Waals surface area contributed by atoms with Crippen LogP contribution in [-0.2, 0) is 10.0 Å². The number of aliphatic hydroxyl groups excluding tert-OH is 1. The number of carboxylic acid groups (broad SMARTS) is 1. The number of hydrogen-bond acceptors (Lipinski definition) is 5. The predicted octanol–water partition coefficient (Wildman–Crippen LogP) is 3.10. The van der Waals surface area contributed by atoms with Gasteiger partial charge in [0.1, 0.15) is 16.5 Å². The second kappa shape index (κ2) is 8.53. The van der Waals surface area contributed by atoms with Crippen molar-refractivity contribution in [3.63, 3.8) is 0 Å². The van der Waals surface area contributed by atoms with Crippen LogP contribution in [0.1, 0.15) is 35.2 Å².